The van der Waals surface area contributed by atoms with Crippen molar-refractivity contribution in [2.24, 2.45) is 5.92 Å². The van der Waals surface area contributed by atoms with Gasteiger partial charge < -0.3 is 4.90 Å². The van der Waals surface area contributed by atoms with Crippen LogP contribution in [-0.2, 0) is 4.79 Å². The zero-order valence-electron chi connectivity index (χ0n) is 13.8. The van der Waals surface area contributed by atoms with E-state index in [0.29, 0.717) is 11.7 Å². The van der Waals surface area contributed by atoms with Gasteiger partial charge in [0.25, 0.3) is 0 Å². The molecule has 130 valence electrons. The van der Waals surface area contributed by atoms with Gasteiger partial charge in [-0.2, -0.15) is 4.37 Å². The van der Waals surface area contributed by atoms with Crippen molar-refractivity contribution in [3.8, 4) is 10.6 Å². The zero-order chi connectivity index (χ0) is 17.2. The van der Waals surface area contributed by atoms with Gasteiger partial charge in [-0.25, -0.2) is 9.97 Å². The first-order valence-electron chi connectivity index (χ1n) is 8.27. The number of rotatable bonds is 4. The van der Waals surface area contributed by atoms with Crippen LogP contribution in [0.4, 0.5) is 0 Å². The number of carbonyl (C=O) groups is 1. The van der Waals surface area contributed by atoms with E-state index < -0.39 is 0 Å². The van der Waals surface area contributed by atoms with Gasteiger partial charge in [0.05, 0.1) is 10.6 Å². The molecule has 1 saturated heterocycles. The Morgan fingerprint density at radius 1 is 1.44 bits per heavy atom. The molecule has 4 rings (SSSR count). The SMILES string of the molecule is CC1CCCN(C(=O)CSc2ncnc3c(-c4cccs4)nsc23)C1. The number of thioether (sulfide) groups is 1. The molecule has 1 unspecified atom stereocenters. The molecule has 1 amide bonds. The largest absolute Gasteiger partial charge is 0.342 e. The molecule has 1 fully saturated rings. The molecular weight excluding hydrogens is 372 g/mol. The maximum Gasteiger partial charge on any atom is 0.232 e. The fourth-order valence-corrected chi connectivity index (χ4v) is 5.65. The summed E-state index contributed by atoms with van der Waals surface area (Å²) in [7, 11) is 0. The Morgan fingerprint density at radius 2 is 2.36 bits per heavy atom. The van der Waals surface area contributed by atoms with Crippen LogP contribution < -0.4 is 0 Å². The van der Waals surface area contributed by atoms with Gasteiger partial charge in [-0.3, -0.25) is 4.79 Å². The molecule has 1 aliphatic rings. The van der Waals surface area contributed by atoms with Crippen LogP contribution in [0.2, 0.25) is 0 Å². The Morgan fingerprint density at radius 3 is 3.16 bits per heavy atom. The van der Waals surface area contributed by atoms with Crippen LogP contribution >= 0.6 is 34.6 Å². The smallest absolute Gasteiger partial charge is 0.232 e. The molecule has 0 aromatic carbocycles. The van der Waals surface area contributed by atoms with E-state index in [0.717, 1.165) is 45.3 Å². The standard InChI is InChI=1S/C17H18N4OS3/c1-11-4-2-6-21(8-11)13(22)9-24-17-16-15(18-10-19-17)14(20-25-16)12-5-3-7-23-12/h3,5,7,10-11H,2,4,6,8-9H2,1H3. The summed E-state index contributed by atoms with van der Waals surface area (Å²) in [6.07, 6.45) is 3.90. The van der Waals surface area contributed by atoms with Crippen LogP contribution in [0, 0.1) is 5.92 Å². The third-order valence-corrected chi connectivity index (χ3v) is 7.14. The monoisotopic (exact) mass is 390 g/mol. The number of carbonyl (C=O) groups excluding carboxylic acids is 1. The predicted octanol–water partition coefficient (Wildman–Crippen LogP) is 4.17. The molecule has 0 aliphatic carbocycles. The van der Waals surface area contributed by atoms with Crippen molar-refractivity contribution in [3.63, 3.8) is 0 Å². The Labute approximate surface area is 158 Å². The molecule has 0 bridgehead atoms. The summed E-state index contributed by atoms with van der Waals surface area (Å²) >= 11 is 4.56. The summed E-state index contributed by atoms with van der Waals surface area (Å²) in [5, 5.41) is 2.89. The van der Waals surface area contributed by atoms with Crippen LogP contribution in [0.25, 0.3) is 20.8 Å². The normalized spacial score (nSPS) is 18.0. The molecule has 5 nitrogen and oxygen atoms in total. The molecule has 3 aromatic rings. The number of fused-ring (bicyclic) bond motifs is 1. The lowest BCUT2D eigenvalue weighted by Gasteiger charge is -2.30. The lowest BCUT2D eigenvalue weighted by molar-refractivity contribution is -0.130. The van der Waals surface area contributed by atoms with Crippen LogP contribution in [0.15, 0.2) is 28.9 Å². The van der Waals surface area contributed by atoms with Gasteiger partial charge in [-0.05, 0) is 41.7 Å². The van der Waals surface area contributed by atoms with Crippen LogP contribution in [0.5, 0.6) is 0 Å². The molecule has 8 heteroatoms. The number of nitrogens with zero attached hydrogens (tertiary/aromatic N) is 4. The number of thiophene rings is 1. The topological polar surface area (TPSA) is 59.0 Å². The fraction of sp³-hybridized carbons (Fsp3) is 0.412. The van der Waals surface area contributed by atoms with E-state index in [1.807, 2.05) is 16.3 Å². The molecule has 25 heavy (non-hydrogen) atoms. The maximum absolute atomic E-state index is 12.5. The van der Waals surface area contributed by atoms with E-state index in [1.54, 1.807) is 17.7 Å². The molecule has 1 aliphatic heterocycles. The van der Waals surface area contributed by atoms with Crippen molar-refractivity contribution in [1.29, 1.82) is 0 Å². The molecule has 0 saturated carbocycles. The first-order chi connectivity index (χ1) is 12.2. The van der Waals surface area contributed by atoms with Gasteiger partial charge >= 0.3 is 0 Å². The van der Waals surface area contributed by atoms with Gasteiger partial charge in [0.15, 0.2) is 0 Å². The van der Waals surface area contributed by atoms with Crippen LogP contribution in [0.1, 0.15) is 19.8 Å². The Kier molecular flexibility index (Phi) is 5.00. The van der Waals surface area contributed by atoms with Gasteiger partial charge in [0.1, 0.15) is 27.3 Å². The van der Waals surface area contributed by atoms with Crippen LogP contribution in [-0.4, -0.2) is 44.0 Å². The second-order valence-corrected chi connectivity index (χ2v) is 8.93. The van der Waals surface area contributed by atoms with Gasteiger partial charge in [-0.15, -0.1) is 11.3 Å². The molecular formula is C17H18N4OS3. The van der Waals surface area contributed by atoms with E-state index in [1.165, 1.54) is 29.7 Å². The first kappa shape index (κ1) is 16.9. The average Bonchev–Trinajstić information content (AvgIpc) is 3.28. The third-order valence-electron chi connectivity index (χ3n) is 4.32. The molecule has 4 heterocycles. The highest BCUT2D eigenvalue weighted by atomic mass is 32.2. The molecule has 0 N–H and O–H groups in total. The van der Waals surface area contributed by atoms with E-state index >= 15 is 0 Å². The van der Waals surface area contributed by atoms with Gasteiger partial charge in [0.2, 0.25) is 5.91 Å². The number of hydrogen-bond acceptors (Lipinski definition) is 7. The van der Waals surface area contributed by atoms with E-state index in [2.05, 4.69) is 27.3 Å². The summed E-state index contributed by atoms with van der Waals surface area (Å²) in [5.41, 5.74) is 1.79. The maximum atomic E-state index is 12.5. The predicted molar refractivity (Wildman–Crippen MR) is 104 cm³/mol. The lowest BCUT2D eigenvalue weighted by atomic mass is 10.0. The number of aromatic nitrogens is 3. The molecule has 0 spiro atoms. The number of piperidine rings is 1. The summed E-state index contributed by atoms with van der Waals surface area (Å²) in [6, 6.07) is 4.06. The minimum Gasteiger partial charge on any atom is -0.342 e. The first-order valence-corrected chi connectivity index (χ1v) is 10.9. The minimum atomic E-state index is 0.200. The highest BCUT2D eigenvalue weighted by Gasteiger charge is 2.22. The number of amides is 1. The quantitative estimate of drug-likeness (QED) is 0.494. The van der Waals surface area contributed by atoms with E-state index in [4.69, 9.17) is 0 Å². The zero-order valence-corrected chi connectivity index (χ0v) is 16.3. The fourth-order valence-electron chi connectivity index (χ4n) is 3.06. The summed E-state index contributed by atoms with van der Waals surface area (Å²) in [5.74, 6) is 1.22. The van der Waals surface area contributed by atoms with Crippen molar-refractivity contribution in [2.45, 2.75) is 24.8 Å². The summed E-state index contributed by atoms with van der Waals surface area (Å²) < 4.78 is 5.53. The van der Waals surface area contributed by atoms with Crippen LogP contribution in [0.3, 0.4) is 0 Å². The van der Waals surface area contributed by atoms with Crippen molar-refractivity contribution in [1.82, 2.24) is 19.2 Å². The Balaban J connectivity index is 1.51. The molecule has 3 aromatic heterocycles. The second kappa shape index (κ2) is 7.39. The highest BCUT2D eigenvalue weighted by molar-refractivity contribution is 8.00. The van der Waals surface area contributed by atoms with Crippen molar-refractivity contribution < 1.29 is 4.79 Å². The summed E-state index contributed by atoms with van der Waals surface area (Å²) in [4.78, 5) is 24.4. The molecule has 1 atom stereocenters. The summed E-state index contributed by atoms with van der Waals surface area (Å²) in [6.45, 7) is 3.97. The van der Waals surface area contributed by atoms with Crippen molar-refractivity contribution >= 4 is 50.8 Å². The lowest BCUT2D eigenvalue weighted by Crippen LogP contribution is -2.40. The Hall–Kier alpha value is -1.51. The van der Waals surface area contributed by atoms with Gasteiger partial charge in [0, 0.05) is 13.1 Å². The van der Waals surface area contributed by atoms with E-state index in [-0.39, 0.29) is 5.91 Å². The third kappa shape index (κ3) is 3.56. The highest BCUT2D eigenvalue weighted by Crippen LogP contribution is 2.36. The van der Waals surface area contributed by atoms with Crippen molar-refractivity contribution in [3.05, 3.63) is 23.8 Å². The van der Waals surface area contributed by atoms with Crippen molar-refractivity contribution in [2.75, 3.05) is 18.8 Å². The second-order valence-electron chi connectivity index (χ2n) is 6.24. The number of hydrogen-bond donors (Lipinski definition) is 0. The van der Waals surface area contributed by atoms with Gasteiger partial charge in [-0.1, -0.05) is 24.8 Å². The van der Waals surface area contributed by atoms with E-state index in [9.17, 15) is 4.79 Å². The minimum absolute atomic E-state index is 0.200. The molecule has 0 radical (unpaired) electrons. The average molecular weight is 391 g/mol. The number of likely N-dealkylation sites (tertiary alicyclic amines) is 1. The Bertz CT molecular complexity index is 877.